The van der Waals surface area contributed by atoms with Gasteiger partial charge in [0.25, 0.3) is 0 Å². The summed E-state index contributed by atoms with van der Waals surface area (Å²) >= 11 is 11.7. The predicted molar refractivity (Wildman–Crippen MR) is 62.2 cm³/mol. The Morgan fingerprint density at radius 3 is 2.73 bits per heavy atom. The fourth-order valence-corrected chi connectivity index (χ4v) is 1.70. The van der Waals surface area contributed by atoms with Crippen LogP contribution in [0.1, 0.15) is 5.69 Å². The zero-order valence-corrected chi connectivity index (χ0v) is 9.55. The third-order valence-corrected chi connectivity index (χ3v) is 2.77. The second-order valence-corrected chi connectivity index (χ2v) is 3.90. The van der Waals surface area contributed by atoms with Crippen LogP contribution >= 0.6 is 23.2 Å². The quantitative estimate of drug-likeness (QED) is 0.708. The Morgan fingerprint density at radius 1 is 1.27 bits per heavy atom. The van der Waals surface area contributed by atoms with Crippen LogP contribution < -0.4 is 0 Å². The molecule has 76 valence electrons. The second-order valence-electron chi connectivity index (χ2n) is 3.14. The van der Waals surface area contributed by atoms with E-state index in [0.29, 0.717) is 10.2 Å². The molecule has 0 amide bonds. The van der Waals surface area contributed by atoms with Crippen molar-refractivity contribution in [2.75, 3.05) is 0 Å². The summed E-state index contributed by atoms with van der Waals surface area (Å²) in [4.78, 5) is 8.21. The van der Waals surface area contributed by atoms with Crippen LogP contribution in [0, 0.1) is 6.92 Å². The van der Waals surface area contributed by atoms with Crippen LogP contribution in [0.15, 0.2) is 30.6 Å². The zero-order valence-electron chi connectivity index (χ0n) is 8.04. The summed E-state index contributed by atoms with van der Waals surface area (Å²) in [6.07, 6.45) is 3.50. The molecule has 0 spiro atoms. The van der Waals surface area contributed by atoms with Crippen LogP contribution in [0.2, 0.25) is 10.2 Å². The molecule has 0 aromatic carbocycles. The van der Waals surface area contributed by atoms with Gasteiger partial charge in [0.05, 0.1) is 5.02 Å². The minimum Gasteiger partial charge on any atom is -0.264 e. The molecule has 2 heterocycles. The van der Waals surface area contributed by atoms with E-state index in [-0.39, 0.29) is 0 Å². The van der Waals surface area contributed by atoms with Crippen molar-refractivity contribution in [1.29, 1.82) is 0 Å². The number of nitrogens with zero attached hydrogens (tertiary/aromatic N) is 2. The molecule has 0 radical (unpaired) electrons. The number of aryl methyl sites for hydroxylation is 1. The molecule has 0 saturated heterocycles. The van der Waals surface area contributed by atoms with Crippen molar-refractivity contribution in [3.05, 3.63) is 46.5 Å². The minimum absolute atomic E-state index is 0.335. The number of hydrogen-bond acceptors (Lipinski definition) is 2. The molecule has 0 unspecified atom stereocenters. The van der Waals surface area contributed by atoms with Crippen LogP contribution in [-0.2, 0) is 0 Å². The highest BCUT2D eigenvalue weighted by molar-refractivity contribution is 6.41. The molecule has 0 bridgehead atoms. The molecule has 2 aromatic heterocycles. The van der Waals surface area contributed by atoms with E-state index in [4.69, 9.17) is 23.2 Å². The van der Waals surface area contributed by atoms with E-state index in [9.17, 15) is 0 Å². The predicted octanol–water partition coefficient (Wildman–Crippen LogP) is 3.76. The van der Waals surface area contributed by atoms with Gasteiger partial charge in [-0.25, -0.2) is 4.98 Å². The molecule has 0 N–H and O–H groups in total. The van der Waals surface area contributed by atoms with Gasteiger partial charge in [-0.2, -0.15) is 0 Å². The minimum atomic E-state index is 0.335. The number of rotatable bonds is 1. The first-order chi connectivity index (χ1) is 7.18. The van der Waals surface area contributed by atoms with Crippen molar-refractivity contribution in [1.82, 2.24) is 9.97 Å². The highest BCUT2D eigenvalue weighted by atomic mass is 35.5. The first kappa shape index (κ1) is 10.4. The standard InChI is InChI=1S/C11H8Cl2N2/c1-7-9(5-10(12)11(13)15-7)8-3-2-4-14-6-8/h2-6H,1H3. The molecule has 0 atom stereocenters. The highest BCUT2D eigenvalue weighted by Gasteiger charge is 2.07. The van der Waals surface area contributed by atoms with Crippen LogP contribution in [-0.4, -0.2) is 9.97 Å². The SMILES string of the molecule is Cc1nc(Cl)c(Cl)cc1-c1cccnc1. The van der Waals surface area contributed by atoms with Crippen LogP contribution in [0.5, 0.6) is 0 Å². The average Bonchev–Trinajstić information content (AvgIpc) is 2.25. The Balaban J connectivity index is 2.59. The second kappa shape index (κ2) is 4.17. The van der Waals surface area contributed by atoms with Gasteiger partial charge in [-0.05, 0) is 19.1 Å². The number of hydrogen-bond donors (Lipinski definition) is 0. The van der Waals surface area contributed by atoms with Gasteiger partial charge in [0, 0.05) is 29.2 Å². The van der Waals surface area contributed by atoms with Gasteiger partial charge in [-0.1, -0.05) is 29.3 Å². The maximum Gasteiger partial charge on any atom is 0.147 e. The Morgan fingerprint density at radius 2 is 2.07 bits per heavy atom. The van der Waals surface area contributed by atoms with E-state index in [0.717, 1.165) is 16.8 Å². The first-order valence-corrected chi connectivity index (χ1v) is 5.17. The van der Waals surface area contributed by atoms with Gasteiger partial charge in [0.2, 0.25) is 0 Å². The number of halogens is 2. The van der Waals surface area contributed by atoms with Crippen LogP contribution in [0.3, 0.4) is 0 Å². The summed E-state index contributed by atoms with van der Waals surface area (Å²) in [5.41, 5.74) is 2.79. The number of pyridine rings is 2. The Hall–Kier alpha value is -1.12. The van der Waals surface area contributed by atoms with E-state index in [1.807, 2.05) is 25.1 Å². The lowest BCUT2D eigenvalue weighted by atomic mass is 10.1. The summed E-state index contributed by atoms with van der Waals surface area (Å²) in [6.45, 7) is 1.89. The van der Waals surface area contributed by atoms with Gasteiger partial charge in [-0.15, -0.1) is 0 Å². The summed E-state index contributed by atoms with van der Waals surface area (Å²) in [6, 6.07) is 5.64. The van der Waals surface area contributed by atoms with Gasteiger partial charge < -0.3 is 0 Å². The van der Waals surface area contributed by atoms with E-state index < -0.39 is 0 Å². The van der Waals surface area contributed by atoms with E-state index in [2.05, 4.69) is 9.97 Å². The Kier molecular flexibility index (Phi) is 2.89. The van der Waals surface area contributed by atoms with Gasteiger partial charge in [0.15, 0.2) is 0 Å². The highest BCUT2D eigenvalue weighted by Crippen LogP contribution is 2.28. The zero-order chi connectivity index (χ0) is 10.8. The van der Waals surface area contributed by atoms with E-state index in [1.165, 1.54) is 0 Å². The third-order valence-electron chi connectivity index (χ3n) is 2.10. The summed E-state index contributed by atoms with van der Waals surface area (Å²) in [5, 5.41) is 0.794. The van der Waals surface area contributed by atoms with Gasteiger partial charge >= 0.3 is 0 Å². The molecule has 0 aliphatic heterocycles. The molecule has 0 saturated carbocycles. The molecular formula is C11H8Cl2N2. The molecular weight excluding hydrogens is 231 g/mol. The lowest BCUT2D eigenvalue weighted by molar-refractivity contribution is 1.20. The van der Waals surface area contributed by atoms with Crippen molar-refractivity contribution in [2.45, 2.75) is 6.92 Å². The normalized spacial score (nSPS) is 10.3. The van der Waals surface area contributed by atoms with Crippen LogP contribution in [0.25, 0.3) is 11.1 Å². The van der Waals surface area contributed by atoms with E-state index in [1.54, 1.807) is 12.4 Å². The lowest BCUT2D eigenvalue weighted by Gasteiger charge is -2.06. The van der Waals surface area contributed by atoms with Crippen molar-refractivity contribution in [2.24, 2.45) is 0 Å². The van der Waals surface area contributed by atoms with Crippen molar-refractivity contribution in [3.63, 3.8) is 0 Å². The maximum absolute atomic E-state index is 5.92. The summed E-state index contributed by atoms with van der Waals surface area (Å²) < 4.78 is 0. The fourth-order valence-electron chi connectivity index (χ4n) is 1.37. The summed E-state index contributed by atoms with van der Waals surface area (Å²) in [5.74, 6) is 0. The fraction of sp³-hybridized carbons (Fsp3) is 0.0909. The van der Waals surface area contributed by atoms with Gasteiger partial charge in [0.1, 0.15) is 5.15 Å². The molecule has 4 heteroatoms. The molecule has 2 rings (SSSR count). The molecule has 2 nitrogen and oxygen atoms in total. The molecule has 0 aliphatic carbocycles. The monoisotopic (exact) mass is 238 g/mol. The molecule has 0 fully saturated rings. The number of aromatic nitrogens is 2. The smallest absolute Gasteiger partial charge is 0.147 e. The Bertz CT molecular complexity index is 483. The first-order valence-electron chi connectivity index (χ1n) is 4.41. The Labute approximate surface area is 97.9 Å². The maximum atomic E-state index is 5.92. The van der Waals surface area contributed by atoms with Crippen molar-refractivity contribution < 1.29 is 0 Å². The van der Waals surface area contributed by atoms with Gasteiger partial charge in [-0.3, -0.25) is 4.98 Å². The average molecular weight is 239 g/mol. The molecule has 2 aromatic rings. The van der Waals surface area contributed by atoms with Crippen LogP contribution in [0.4, 0.5) is 0 Å². The topological polar surface area (TPSA) is 25.8 Å². The lowest BCUT2D eigenvalue weighted by Crippen LogP contribution is -1.89. The third kappa shape index (κ3) is 2.11. The van der Waals surface area contributed by atoms with Crippen molar-refractivity contribution >= 4 is 23.2 Å². The largest absolute Gasteiger partial charge is 0.264 e. The summed E-state index contributed by atoms with van der Waals surface area (Å²) in [7, 11) is 0. The van der Waals surface area contributed by atoms with E-state index >= 15 is 0 Å². The van der Waals surface area contributed by atoms with Crippen molar-refractivity contribution in [3.8, 4) is 11.1 Å². The molecule has 15 heavy (non-hydrogen) atoms. The molecule has 0 aliphatic rings.